The van der Waals surface area contributed by atoms with E-state index in [1.165, 1.54) is 0 Å². The Morgan fingerprint density at radius 3 is 2.93 bits per heavy atom. The Bertz CT molecular complexity index is 493. The standard InChI is InChI=1S/C11H12N4/c1-2-7-13-10-8-5-3-4-6-9(8)14-11(12)15-10/h2-6H,1,7H2,(H3,12,13,14,15). The fraction of sp³-hybridized carbons (Fsp3) is 0.0909. The van der Waals surface area contributed by atoms with Gasteiger partial charge >= 0.3 is 0 Å². The SMILES string of the molecule is C=CCNc1nc(N)nc2ccccc12. The summed E-state index contributed by atoms with van der Waals surface area (Å²) >= 11 is 0. The molecule has 4 nitrogen and oxygen atoms in total. The van der Waals surface area contributed by atoms with Gasteiger partial charge in [-0.3, -0.25) is 0 Å². The van der Waals surface area contributed by atoms with E-state index in [-0.39, 0.29) is 5.95 Å². The van der Waals surface area contributed by atoms with Crippen molar-refractivity contribution in [1.82, 2.24) is 9.97 Å². The maximum absolute atomic E-state index is 5.61. The lowest BCUT2D eigenvalue weighted by molar-refractivity contribution is 1.20. The lowest BCUT2D eigenvalue weighted by atomic mass is 10.2. The summed E-state index contributed by atoms with van der Waals surface area (Å²) in [7, 11) is 0. The summed E-state index contributed by atoms with van der Waals surface area (Å²) in [6.45, 7) is 4.29. The predicted octanol–water partition coefficient (Wildman–Crippen LogP) is 1.81. The van der Waals surface area contributed by atoms with Crippen LogP contribution in [-0.2, 0) is 0 Å². The van der Waals surface area contributed by atoms with E-state index in [0.29, 0.717) is 6.54 Å². The summed E-state index contributed by atoms with van der Waals surface area (Å²) in [5, 5.41) is 4.10. The molecule has 2 aromatic rings. The molecule has 0 bridgehead atoms. The van der Waals surface area contributed by atoms with Crippen LogP contribution in [0.5, 0.6) is 0 Å². The van der Waals surface area contributed by atoms with E-state index in [9.17, 15) is 0 Å². The molecular weight excluding hydrogens is 188 g/mol. The second-order valence-corrected chi connectivity index (χ2v) is 3.12. The first-order valence-electron chi connectivity index (χ1n) is 4.68. The van der Waals surface area contributed by atoms with Crippen LogP contribution in [0.2, 0.25) is 0 Å². The van der Waals surface area contributed by atoms with Crippen LogP contribution in [0.3, 0.4) is 0 Å². The molecule has 0 saturated heterocycles. The van der Waals surface area contributed by atoms with Gasteiger partial charge in [0.2, 0.25) is 5.95 Å². The first kappa shape index (κ1) is 9.45. The zero-order valence-electron chi connectivity index (χ0n) is 8.27. The molecule has 2 rings (SSSR count). The third kappa shape index (κ3) is 1.88. The molecule has 4 heteroatoms. The molecule has 0 fully saturated rings. The van der Waals surface area contributed by atoms with Gasteiger partial charge < -0.3 is 11.1 Å². The lowest BCUT2D eigenvalue weighted by Gasteiger charge is -2.06. The molecule has 0 aliphatic rings. The number of rotatable bonds is 3. The third-order valence-corrected chi connectivity index (χ3v) is 2.03. The van der Waals surface area contributed by atoms with Crippen LogP contribution in [0.1, 0.15) is 0 Å². The van der Waals surface area contributed by atoms with Crippen LogP contribution in [-0.4, -0.2) is 16.5 Å². The van der Waals surface area contributed by atoms with Crippen molar-refractivity contribution in [3.8, 4) is 0 Å². The minimum Gasteiger partial charge on any atom is -0.368 e. The average molecular weight is 200 g/mol. The van der Waals surface area contributed by atoms with Gasteiger partial charge in [0.1, 0.15) is 5.82 Å². The molecule has 1 aromatic carbocycles. The van der Waals surface area contributed by atoms with Crippen LogP contribution in [0.25, 0.3) is 10.9 Å². The first-order chi connectivity index (χ1) is 7.31. The minimum absolute atomic E-state index is 0.278. The van der Waals surface area contributed by atoms with E-state index < -0.39 is 0 Å². The van der Waals surface area contributed by atoms with Crippen LogP contribution in [0.15, 0.2) is 36.9 Å². The lowest BCUT2D eigenvalue weighted by Crippen LogP contribution is -2.04. The topological polar surface area (TPSA) is 63.8 Å². The Hall–Kier alpha value is -2.10. The highest BCUT2D eigenvalue weighted by Crippen LogP contribution is 2.20. The highest BCUT2D eigenvalue weighted by atomic mass is 15.1. The van der Waals surface area contributed by atoms with Gasteiger partial charge in [0.05, 0.1) is 5.52 Å². The summed E-state index contributed by atoms with van der Waals surface area (Å²) in [5.74, 6) is 1.03. The summed E-state index contributed by atoms with van der Waals surface area (Å²) in [6.07, 6.45) is 1.77. The second kappa shape index (κ2) is 3.96. The molecule has 0 radical (unpaired) electrons. The molecule has 0 atom stereocenters. The molecule has 0 amide bonds. The third-order valence-electron chi connectivity index (χ3n) is 2.03. The summed E-state index contributed by atoms with van der Waals surface area (Å²) in [5.41, 5.74) is 6.45. The number of benzene rings is 1. The van der Waals surface area contributed by atoms with E-state index in [1.54, 1.807) is 6.08 Å². The van der Waals surface area contributed by atoms with Crippen LogP contribution < -0.4 is 11.1 Å². The Balaban J connectivity index is 2.55. The van der Waals surface area contributed by atoms with Crippen LogP contribution in [0, 0.1) is 0 Å². The van der Waals surface area contributed by atoms with Crippen molar-refractivity contribution in [3.63, 3.8) is 0 Å². The van der Waals surface area contributed by atoms with Gasteiger partial charge in [-0.25, -0.2) is 4.98 Å². The molecule has 0 spiro atoms. The maximum Gasteiger partial charge on any atom is 0.222 e. The number of hydrogen-bond acceptors (Lipinski definition) is 4. The Labute approximate surface area is 87.8 Å². The Morgan fingerprint density at radius 2 is 2.13 bits per heavy atom. The summed E-state index contributed by atoms with van der Waals surface area (Å²) in [6, 6.07) is 7.74. The molecule has 15 heavy (non-hydrogen) atoms. The second-order valence-electron chi connectivity index (χ2n) is 3.12. The number of fused-ring (bicyclic) bond motifs is 1. The number of nitrogens with one attached hydrogen (secondary N) is 1. The van der Waals surface area contributed by atoms with Crippen LogP contribution in [0.4, 0.5) is 11.8 Å². The van der Waals surface area contributed by atoms with Gasteiger partial charge in [0.15, 0.2) is 0 Å². The van der Waals surface area contributed by atoms with Crippen molar-refractivity contribution in [1.29, 1.82) is 0 Å². The largest absolute Gasteiger partial charge is 0.368 e. The molecule has 0 unspecified atom stereocenters. The van der Waals surface area contributed by atoms with Crippen molar-refractivity contribution in [2.24, 2.45) is 0 Å². The van der Waals surface area contributed by atoms with E-state index in [2.05, 4.69) is 21.9 Å². The van der Waals surface area contributed by atoms with Gasteiger partial charge in [-0.15, -0.1) is 6.58 Å². The zero-order valence-corrected chi connectivity index (χ0v) is 8.27. The fourth-order valence-corrected chi connectivity index (χ4v) is 1.40. The molecule has 1 heterocycles. The molecule has 0 saturated carbocycles. The number of nitrogen functional groups attached to an aromatic ring is 1. The molecule has 76 valence electrons. The number of para-hydroxylation sites is 1. The van der Waals surface area contributed by atoms with Gasteiger partial charge in [-0.1, -0.05) is 18.2 Å². The quantitative estimate of drug-likeness (QED) is 0.742. The van der Waals surface area contributed by atoms with Crippen molar-refractivity contribution < 1.29 is 0 Å². The highest BCUT2D eigenvalue weighted by Gasteiger charge is 2.03. The Kier molecular flexibility index (Phi) is 2.49. The van der Waals surface area contributed by atoms with Crippen molar-refractivity contribution in [2.45, 2.75) is 0 Å². The zero-order chi connectivity index (χ0) is 10.7. The smallest absolute Gasteiger partial charge is 0.222 e. The summed E-state index contributed by atoms with van der Waals surface area (Å²) in [4.78, 5) is 8.29. The van der Waals surface area contributed by atoms with Gasteiger partial charge in [0, 0.05) is 11.9 Å². The van der Waals surface area contributed by atoms with Gasteiger partial charge in [-0.2, -0.15) is 4.98 Å². The molecule has 3 N–H and O–H groups in total. The van der Waals surface area contributed by atoms with Crippen molar-refractivity contribution in [2.75, 3.05) is 17.6 Å². The predicted molar refractivity (Wildman–Crippen MR) is 62.6 cm³/mol. The van der Waals surface area contributed by atoms with E-state index in [1.807, 2.05) is 24.3 Å². The molecule has 0 aliphatic carbocycles. The Morgan fingerprint density at radius 1 is 1.33 bits per heavy atom. The first-order valence-corrected chi connectivity index (χ1v) is 4.68. The van der Waals surface area contributed by atoms with E-state index >= 15 is 0 Å². The van der Waals surface area contributed by atoms with E-state index in [4.69, 9.17) is 5.73 Å². The normalized spacial score (nSPS) is 10.1. The minimum atomic E-state index is 0.278. The number of anilines is 2. The van der Waals surface area contributed by atoms with Gasteiger partial charge in [0.25, 0.3) is 0 Å². The van der Waals surface area contributed by atoms with Crippen molar-refractivity contribution in [3.05, 3.63) is 36.9 Å². The van der Waals surface area contributed by atoms with Gasteiger partial charge in [-0.05, 0) is 12.1 Å². The number of nitrogens with two attached hydrogens (primary N) is 1. The van der Waals surface area contributed by atoms with Crippen LogP contribution >= 0.6 is 0 Å². The number of hydrogen-bond donors (Lipinski definition) is 2. The molecule has 1 aromatic heterocycles. The van der Waals surface area contributed by atoms with Crippen molar-refractivity contribution >= 4 is 22.7 Å². The maximum atomic E-state index is 5.61. The summed E-state index contributed by atoms with van der Waals surface area (Å²) < 4.78 is 0. The van der Waals surface area contributed by atoms with E-state index in [0.717, 1.165) is 16.7 Å². The monoisotopic (exact) mass is 200 g/mol. The fourth-order valence-electron chi connectivity index (χ4n) is 1.40. The molecule has 0 aliphatic heterocycles. The number of aromatic nitrogens is 2. The molecular formula is C11H12N4. The highest BCUT2D eigenvalue weighted by molar-refractivity contribution is 5.89. The number of nitrogens with zero attached hydrogens (tertiary/aromatic N) is 2. The average Bonchev–Trinajstić information content (AvgIpc) is 2.25.